The minimum absolute atomic E-state index is 0.107. The molecule has 0 spiro atoms. The highest BCUT2D eigenvalue weighted by Gasteiger charge is 2.32. The zero-order valence-electron chi connectivity index (χ0n) is 17.7. The second kappa shape index (κ2) is 11.8. The lowest BCUT2D eigenvalue weighted by Crippen LogP contribution is -2.30. The number of carbonyl (C=O) groups excluding carboxylic acids is 2. The summed E-state index contributed by atoms with van der Waals surface area (Å²) in [5.74, 6) is 0.891. The number of unbranched alkanes of at least 4 members (excludes halogenated alkanes) is 2. The maximum atomic E-state index is 12.8. The normalized spacial score (nSPS) is 14.9. The molecule has 1 fully saturated rings. The number of hydrogen-bond acceptors (Lipinski definition) is 8. The molecular weight excluding hydrogens is 426 g/mol. The Morgan fingerprint density at radius 3 is 2.37 bits per heavy atom. The fourth-order valence-corrected chi connectivity index (χ4v) is 4.15. The fourth-order valence-electron chi connectivity index (χ4n) is 2.84. The summed E-state index contributed by atoms with van der Waals surface area (Å²) in [5, 5.41) is 0. The Labute approximate surface area is 186 Å². The topological polar surface area (TPSA) is 74.3 Å². The lowest BCUT2D eigenvalue weighted by Gasteiger charge is -2.14. The SMILES string of the molecule is CCCCCOC(=O)CCN1C(=O)/C(=C\c2cc(OC)c(OC)c(OC)c2)SC1=S. The quantitative estimate of drug-likeness (QED) is 0.215. The summed E-state index contributed by atoms with van der Waals surface area (Å²) in [5.41, 5.74) is 0.709. The maximum absolute atomic E-state index is 12.8. The van der Waals surface area contributed by atoms with Crippen LogP contribution in [0.15, 0.2) is 17.0 Å². The van der Waals surface area contributed by atoms with Crippen molar-refractivity contribution in [3.05, 3.63) is 22.6 Å². The zero-order valence-corrected chi connectivity index (χ0v) is 19.3. The molecule has 1 aliphatic rings. The molecule has 0 aliphatic carbocycles. The number of ether oxygens (including phenoxy) is 4. The number of benzene rings is 1. The van der Waals surface area contributed by atoms with E-state index in [1.165, 1.54) is 38.0 Å². The van der Waals surface area contributed by atoms with Crippen molar-refractivity contribution in [2.75, 3.05) is 34.5 Å². The molecule has 2 rings (SSSR count). The molecule has 1 heterocycles. The molecular formula is C21H27NO6S2. The van der Waals surface area contributed by atoms with Gasteiger partial charge in [-0.3, -0.25) is 14.5 Å². The summed E-state index contributed by atoms with van der Waals surface area (Å²) in [7, 11) is 4.59. The van der Waals surface area contributed by atoms with Crippen LogP contribution >= 0.6 is 24.0 Å². The summed E-state index contributed by atoms with van der Waals surface area (Å²) in [6.45, 7) is 2.69. The molecule has 1 aromatic rings. The third-order valence-electron chi connectivity index (χ3n) is 4.41. The molecule has 0 unspecified atom stereocenters. The molecule has 0 atom stereocenters. The highest BCUT2D eigenvalue weighted by molar-refractivity contribution is 8.26. The van der Waals surface area contributed by atoms with Crippen LogP contribution in [-0.2, 0) is 14.3 Å². The first-order valence-corrected chi connectivity index (χ1v) is 10.9. The minimum Gasteiger partial charge on any atom is -0.493 e. The summed E-state index contributed by atoms with van der Waals surface area (Å²) >= 11 is 6.52. The van der Waals surface area contributed by atoms with Crippen LogP contribution < -0.4 is 14.2 Å². The number of rotatable bonds is 11. The summed E-state index contributed by atoms with van der Waals surface area (Å²) < 4.78 is 21.6. The van der Waals surface area contributed by atoms with E-state index in [0.717, 1.165) is 19.3 Å². The van der Waals surface area contributed by atoms with Gasteiger partial charge in [-0.1, -0.05) is 43.7 Å². The molecule has 0 N–H and O–H groups in total. The summed E-state index contributed by atoms with van der Waals surface area (Å²) in [6.07, 6.45) is 4.75. The van der Waals surface area contributed by atoms with E-state index in [2.05, 4.69) is 6.92 Å². The third kappa shape index (κ3) is 6.12. The van der Waals surface area contributed by atoms with Gasteiger partial charge in [0.15, 0.2) is 11.5 Å². The van der Waals surface area contributed by atoms with E-state index >= 15 is 0 Å². The lowest BCUT2D eigenvalue weighted by atomic mass is 10.1. The second-order valence-electron chi connectivity index (χ2n) is 6.47. The van der Waals surface area contributed by atoms with Crippen LogP contribution in [0.25, 0.3) is 6.08 Å². The number of hydrogen-bond donors (Lipinski definition) is 0. The number of carbonyl (C=O) groups is 2. The minimum atomic E-state index is -0.325. The van der Waals surface area contributed by atoms with Crippen molar-refractivity contribution in [2.45, 2.75) is 32.6 Å². The molecule has 1 aliphatic heterocycles. The molecule has 0 radical (unpaired) electrons. The molecule has 1 amide bonds. The van der Waals surface area contributed by atoms with Crippen molar-refractivity contribution in [1.29, 1.82) is 0 Å². The second-order valence-corrected chi connectivity index (χ2v) is 8.15. The van der Waals surface area contributed by atoms with Crippen molar-refractivity contribution in [3.8, 4) is 17.2 Å². The fraction of sp³-hybridized carbons (Fsp3) is 0.476. The first-order chi connectivity index (χ1) is 14.4. The molecule has 0 bridgehead atoms. The van der Waals surface area contributed by atoms with Gasteiger partial charge in [-0.15, -0.1) is 0 Å². The van der Waals surface area contributed by atoms with E-state index in [1.54, 1.807) is 18.2 Å². The number of nitrogens with zero attached hydrogens (tertiary/aromatic N) is 1. The first-order valence-electron chi connectivity index (χ1n) is 9.66. The van der Waals surface area contributed by atoms with Crippen molar-refractivity contribution in [1.82, 2.24) is 4.90 Å². The van der Waals surface area contributed by atoms with Gasteiger partial charge in [0.1, 0.15) is 4.32 Å². The van der Waals surface area contributed by atoms with Gasteiger partial charge < -0.3 is 18.9 Å². The molecule has 164 valence electrons. The third-order valence-corrected chi connectivity index (χ3v) is 5.79. The molecule has 30 heavy (non-hydrogen) atoms. The van der Waals surface area contributed by atoms with Crippen molar-refractivity contribution < 1.29 is 28.5 Å². The standard InChI is InChI=1S/C21H27NO6S2/c1-5-6-7-10-28-18(23)8-9-22-20(24)17(30-21(22)29)13-14-11-15(25-2)19(27-4)16(12-14)26-3/h11-13H,5-10H2,1-4H3/b17-13+. The molecule has 7 nitrogen and oxygen atoms in total. The van der Waals surface area contributed by atoms with Gasteiger partial charge in [0, 0.05) is 6.54 Å². The number of amides is 1. The van der Waals surface area contributed by atoms with Crippen LogP contribution in [0, 0.1) is 0 Å². The largest absolute Gasteiger partial charge is 0.493 e. The van der Waals surface area contributed by atoms with Crippen LogP contribution in [0.1, 0.15) is 38.2 Å². The smallest absolute Gasteiger partial charge is 0.307 e. The Morgan fingerprint density at radius 2 is 1.80 bits per heavy atom. The van der Waals surface area contributed by atoms with Gasteiger partial charge in [-0.05, 0) is 30.2 Å². The lowest BCUT2D eigenvalue weighted by molar-refractivity contribution is -0.144. The summed E-state index contributed by atoms with van der Waals surface area (Å²) in [4.78, 5) is 26.6. The van der Waals surface area contributed by atoms with E-state index in [1.807, 2.05) is 0 Å². The van der Waals surface area contributed by atoms with Gasteiger partial charge in [0.05, 0.1) is 39.3 Å². The Hall–Kier alpha value is -2.26. The Kier molecular flexibility index (Phi) is 9.45. The van der Waals surface area contributed by atoms with E-state index < -0.39 is 0 Å². The van der Waals surface area contributed by atoms with Crippen molar-refractivity contribution >= 4 is 46.3 Å². The monoisotopic (exact) mass is 453 g/mol. The predicted molar refractivity (Wildman–Crippen MR) is 121 cm³/mol. The predicted octanol–water partition coefficient (Wildman–Crippen LogP) is 4.04. The molecule has 9 heteroatoms. The van der Waals surface area contributed by atoms with Crippen LogP contribution in [0.2, 0.25) is 0 Å². The van der Waals surface area contributed by atoms with Gasteiger partial charge in [-0.2, -0.15) is 0 Å². The highest BCUT2D eigenvalue weighted by Crippen LogP contribution is 2.40. The molecule has 0 saturated carbocycles. The van der Waals surface area contributed by atoms with Gasteiger partial charge in [0.2, 0.25) is 5.75 Å². The summed E-state index contributed by atoms with van der Waals surface area (Å²) in [6, 6.07) is 3.50. The Bertz CT molecular complexity index is 799. The van der Waals surface area contributed by atoms with Crippen LogP contribution in [0.5, 0.6) is 17.2 Å². The number of methoxy groups -OCH3 is 3. The van der Waals surface area contributed by atoms with E-state index in [0.29, 0.717) is 38.6 Å². The van der Waals surface area contributed by atoms with Gasteiger partial charge >= 0.3 is 5.97 Å². The van der Waals surface area contributed by atoms with Crippen molar-refractivity contribution in [3.63, 3.8) is 0 Å². The number of thiocarbonyl (C=S) groups is 1. The zero-order chi connectivity index (χ0) is 22.1. The average molecular weight is 454 g/mol. The number of thioether (sulfide) groups is 1. The van der Waals surface area contributed by atoms with Crippen LogP contribution in [-0.4, -0.2) is 55.6 Å². The van der Waals surface area contributed by atoms with E-state index in [-0.39, 0.29) is 24.8 Å². The Morgan fingerprint density at radius 1 is 1.13 bits per heavy atom. The average Bonchev–Trinajstić information content (AvgIpc) is 3.01. The molecule has 1 saturated heterocycles. The van der Waals surface area contributed by atoms with Crippen molar-refractivity contribution in [2.24, 2.45) is 0 Å². The first kappa shape index (κ1) is 24.0. The molecule has 1 aromatic carbocycles. The van der Waals surface area contributed by atoms with Crippen LogP contribution in [0.3, 0.4) is 0 Å². The Balaban J connectivity index is 2.07. The van der Waals surface area contributed by atoms with Gasteiger partial charge in [0.25, 0.3) is 5.91 Å². The maximum Gasteiger partial charge on any atom is 0.307 e. The molecule has 0 aromatic heterocycles. The van der Waals surface area contributed by atoms with E-state index in [9.17, 15) is 9.59 Å². The van der Waals surface area contributed by atoms with Gasteiger partial charge in [-0.25, -0.2) is 0 Å². The van der Waals surface area contributed by atoms with E-state index in [4.69, 9.17) is 31.2 Å². The highest BCUT2D eigenvalue weighted by atomic mass is 32.2. The number of esters is 1. The van der Waals surface area contributed by atoms with Crippen LogP contribution in [0.4, 0.5) is 0 Å².